The molecule has 5 heteroatoms. The van der Waals surface area contributed by atoms with E-state index in [1.807, 2.05) is 5.38 Å². The topological polar surface area (TPSA) is 47.8 Å². The highest BCUT2D eigenvalue weighted by atomic mass is 32.1. The van der Waals surface area contributed by atoms with Crippen molar-refractivity contribution in [1.29, 1.82) is 0 Å². The molecular weight excluding hydrogens is 270 g/mol. The van der Waals surface area contributed by atoms with E-state index >= 15 is 0 Å². The molecule has 0 aliphatic carbocycles. The van der Waals surface area contributed by atoms with Crippen molar-refractivity contribution in [3.8, 4) is 10.6 Å². The summed E-state index contributed by atoms with van der Waals surface area (Å²) in [7, 11) is 0. The average molecular weight is 283 g/mol. The van der Waals surface area contributed by atoms with E-state index in [0.717, 1.165) is 22.6 Å². The fraction of sp³-hybridized carbons (Fsp3) is 0.133. The monoisotopic (exact) mass is 283 g/mol. The Morgan fingerprint density at radius 1 is 1.30 bits per heavy atom. The van der Waals surface area contributed by atoms with Crippen molar-refractivity contribution in [2.45, 2.75) is 13.5 Å². The summed E-state index contributed by atoms with van der Waals surface area (Å²) in [6, 6.07) is 8.31. The Labute approximate surface area is 120 Å². The zero-order valence-corrected chi connectivity index (χ0v) is 11.8. The van der Waals surface area contributed by atoms with Crippen LogP contribution < -0.4 is 0 Å². The van der Waals surface area contributed by atoms with Crippen LogP contribution in [0.1, 0.15) is 21.7 Å². The maximum absolute atomic E-state index is 10.9. The highest BCUT2D eigenvalue weighted by molar-refractivity contribution is 7.13. The van der Waals surface area contributed by atoms with Crippen LogP contribution in [0.2, 0.25) is 0 Å². The average Bonchev–Trinajstić information content (AvgIpc) is 3.09. The molecule has 4 nitrogen and oxygen atoms in total. The van der Waals surface area contributed by atoms with Crippen LogP contribution in [0.25, 0.3) is 10.6 Å². The number of thiazole rings is 1. The fourth-order valence-corrected chi connectivity index (χ4v) is 2.76. The molecule has 0 N–H and O–H groups in total. The molecule has 0 aliphatic rings. The molecule has 0 spiro atoms. The van der Waals surface area contributed by atoms with Gasteiger partial charge in [-0.25, -0.2) is 9.97 Å². The number of aryl methyl sites for hydroxylation is 1. The van der Waals surface area contributed by atoms with Crippen molar-refractivity contribution < 1.29 is 4.79 Å². The number of imidazole rings is 1. The van der Waals surface area contributed by atoms with E-state index in [2.05, 4.69) is 41.2 Å². The molecule has 3 aromatic rings. The van der Waals surface area contributed by atoms with E-state index in [1.54, 1.807) is 28.4 Å². The van der Waals surface area contributed by atoms with Gasteiger partial charge in [0.05, 0.1) is 24.8 Å². The molecule has 0 amide bonds. The zero-order valence-electron chi connectivity index (χ0n) is 11.0. The summed E-state index contributed by atoms with van der Waals surface area (Å²) in [5.74, 6) is 0. The lowest BCUT2D eigenvalue weighted by Crippen LogP contribution is -2.02. The number of hydrogen-bond acceptors (Lipinski definition) is 4. The molecule has 0 bridgehead atoms. The zero-order chi connectivity index (χ0) is 13.9. The minimum Gasteiger partial charge on any atom is -0.322 e. The van der Waals surface area contributed by atoms with Gasteiger partial charge in [0, 0.05) is 10.9 Å². The Morgan fingerprint density at radius 2 is 2.10 bits per heavy atom. The first-order valence-electron chi connectivity index (χ1n) is 6.23. The van der Waals surface area contributed by atoms with E-state index in [1.165, 1.54) is 5.56 Å². The molecule has 0 aliphatic heterocycles. The van der Waals surface area contributed by atoms with Gasteiger partial charge >= 0.3 is 0 Å². The Hall–Kier alpha value is -2.27. The second-order valence-corrected chi connectivity index (χ2v) is 5.43. The lowest BCUT2D eigenvalue weighted by atomic mass is 10.2. The molecule has 0 saturated heterocycles. The lowest BCUT2D eigenvalue weighted by molar-refractivity contribution is 0.111. The van der Waals surface area contributed by atoms with Crippen LogP contribution in [-0.2, 0) is 6.54 Å². The largest absolute Gasteiger partial charge is 0.322 e. The Kier molecular flexibility index (Phi) is 3.43. The molecule has 1 aromatic carbocycles. The highest BCUT2D eigenvalue weighted by Gasteiger charge is 2.07. The minimum absolute atomic E-state index is 0.565. The Bertz CT molecular complexity index is 728. The third-order valence-corrected chi connectivity index (χ3v) is 3.99. The number of carbonyl (C=O) groups excluding carboxylic acids is 1. The van der Waals surface area contributed by atoms with Crippen LogP contribution >= 0.6 is 11.3 Å². The van der Waals surface area contributed by atoms with Gasteiger partial charge in [0.15, 0.2) is 6.29 Å². The van der Waals surface area contributed by atoms with Gasteiger partial charge in [-0.1, -0.05) is 29.8 Å². The molecular formula is C15H13N3OS. The van der Waals surface area contributed by atoms with Crippen LogP contribution in [0, 0.1) is 6.92 Å². The molecule has 20 heavy (non-hydrogen) atoms. The summed E-state index contributed by atoms with van der Waals surface area (Å²) in [6.07, 6.45) is 4.01. The number of aromatic nitrogens is 3. The van der Waals surface area contributed by atoms with Crippen LogP contribution in [0.4, 0.5) is 0 Å². The molecule has 3 rings (SSSR count). The second kappa shape index (κ2) is 5.38. The number of benzene rings is 1. The third kappa shape index (κ3) is 2.53. The quantitative estimate of drug-likeness (QED) is 0.691. The Balaban J connectivity index is 1.83. The van der Waals surface area contributed by atoms with Crippen molar-refractivity contribution in [3.05, 3.63) is 59.1 Å². The van der Waals surface area contributed by atoms with Gasteiger partial charge in [-0.15, -0.1) is 11.3 Å². The molecule has 0 radical (unpaired) electrons. The van der Waals surface area contributed by atoms with Crippen molar-refractivity contribution in [2.24, 2.45) is 0 Å². The van der Waals surface area contributed by atoms with E-state index in [0.29, 0.717) is 12.2 Å². The number of aldehydes is 1. The fourth-order valence-electron chi connectivity index (χ4n) is 1.94. The Morgan fingerprint density at radius 3 is 2.85 bits per heavy atom. The first kappa shape index (κ1) is 12.7. The smallest absolute Gasteiger partial charge is 0.168 e. The van der Waals surface area contributed by atoms with E-state index in [9.17, 15) is 4.79 Å². The van der Waals surface area contributed by atoms with E-state index in [-0.39, 0.29) is 0 Å². The van der Waals surface area contributed by atoms with Crippen molar-refractivity contribution in [1.82, 2.24) is 14.5 Å². The van der Waals surface area contributed by atoms with Crippen molar-refractivity contribution in [2.75, 3.05) is 0 Å². The number of hydrogen-bond donors (Lipinski definition) is 0. The molecule has 2 aromatic heterocycles. The maximum atomic E-state index is 10.9. The molecule has 0 fully saturated rings. The summed E-state index contributed by atoms with van der Waals surface area (Å²) in [6.45, 7) is 2.63. The first-order valence-corrected chi connectivity index (χ1v) is 7.11. The SMILES string of the molecule is Cc1ccc(-c2nc(Cn3cncc3C=O)cs2)cc1. The molecule has 0 atom stereocenters. The summed E-state index contributed by atoms with van der Waals surface area (Å²) in [4.78, 5) is 19.4. The van der Waals surface area contributed by atoms with Gasteiger partial charge in [-0.2, -0.15) is 0 Å². The second-order valence-electron chi connectivity index (χ2n) is 4.57. The number of carbonyl (C=O) groups is 1. The lowest BCUT2D eigenvalue weighted by Gasteiger charge is -2.00. The van der Waals surface area contributed by atoms with Gasteiger partial charge in [-0.3, -0.25) is 4.79 Å². The molecule has 2 heterocycles. The van der Waals surface area contributed by atoms with Crippen LogP contribution in [0.15, 0.2) is 42.2 Å². The van der Waals surface area contributed by atoms with Crippen molar-refractivity contribution >= 4 is 17.6 Å². The summed E-state index contributed by atoms with van der Waals surface area (Å²) < 4.78 is 1.79. The number of nitrogens with zero attached hydrogens (tertiary/aromatic N) is 3. The third-order valence-electron chi connectivity index (χ3n) is 3.05. The maximum Gasteiger partial charge on any atom is 0.168 e. The van der Waals surface area contributed by atoms with Crippen molar-refractivity contribution in [3.63, 3.8) is 0 Å². The van der Waals surface area contributed by atoms with Gasteiger partial charge < -0.3 is 4.57 Å². The van der Waals surface area contributed by atoms with Gasteiger partial charge in [0.1, 0.15) is 10.7 Å². The molecule has 0 saturated carbocycles. The van der Waals surface area contributed by atoms with Crippen LogP contribution in [0.3, 0.4) is 0 Å². The first-order chi connectivity index (χ1) is 9.76. The van der Waals surface area contributed by atoms with Gasteiger partial charge in [0.2, 0.25) is 0 Å². The van der Waals surface area contributed by atoms with Crippen LogP contribution in [0.5, 0.6) is 0 Å². The predicted molar refractivity (Wildman–Crippen MR) is 79.0 cm³/mol. The van der Waals surface area contributed by atoms with Gasteiger partial charge in [-0.05, 0) is 6.92 Å². The summed E-state index contributed by atoms with van der Waals surface area (Å²) >= 11 is 1.61. The van der Waals surface area contributed by atoms with E-state index < -0.39 is 0 Å². The normalized spacial score (nSPS) is 10.7. The molecule has 100 valence electrons. The van der Waals surface area contributed by atoms with Crippen LogP contribution in [-0.4, -0.2) is 20.8 Å². The molecule has 0 unspecified atom stereocenters. The van der Waals surface area contributed by atoms with E-state index in [4.69, 9.17) is 0 Å². The highest BCUT2D eigenvalue weighted by Crippen LogP contribution is 2.24. The minimum atomic E-state index is 0.565. The van der Waals surface area contributed by atoms with Gasteiger partial charge in [0.25, 0.3) is 0 Å². The predicted octanol–water partition coefficient (Wildman–Crippen LogP) is 3.18. The summed E-state index contributed by atoms with van der Waals surface area (Å²) in [5.41, 5.74) is 3.86. The summed E-state index contributed by atoms with van der Waals surface area (Å²) in [5, 5.41) is 3.01. The number of rotatable bonds is 4. The standard InChI is InChI=1S/C15H13N3OS/c1-11-2-4-12(5-3-11)15-17-13(9-20-15)7-18-10-16-6-14(18)8-19/h2-6,8-10H,7H2,1H3.